The number of oxime groups is 1. The Morgan fingerprint density at radius 3 is 1.81 bits per heavy atom. The second-order valence-corrected chi connectivity index (χ2v) is 17.0. The molecule has 8 rings (SSSR count). The first-order valence-electron chi connectivity index (χ1n) is 20.0. The topological polar surface area (TPSA) is 159 Å². The zero-order valence-electron chi connectivity index (χ0n) is 32.4. The fourth-order valence-corrected chi connectivity index (χ4v) is 10.2. The van der Waals surface area contributed by atoms with Crippen molar-refractivity contribution >= 4 is 51.7 Å². The van der Waals surface area contributed by atoms with Crippen LogP contribution in [0.5, 0.6) is 0 Å². The van der Waals surface area contributed by atoms with Crippen molar-refractivity contribution in [2.24, 2.45) is 5.16 Å². The highest BCUT2D eigenvalue weighted by Gasteiger charge is 2.54. The number of hydrogen-bond donors (Lipinski definition) is 4. The van der Waals surface area contributed by atoms with E-state index in [-0.39, 0.29) is 29.7 Å². The third-order valence-electron chi connectivity index (χ3n) is 11.2. The van der Waals surface area contributed by atoms with Gasteiger partial charge >= 0.3 is 5.97 Å². The molecule has 0 unspecified atom stereocenters. The first-order chi connectivity index (χ1) is 28.3. The number of nitrogens with one attached hydrogen (secondary N) is 2. The van der Waals surface area contributed by atoms with Crippen molar-refractivity contribution in [1.82, 2.24) is 20.5 Å². The first-order valence-corrected chi connectivity index (χ1v) is 22.0. The molecule has 0 radical (unpaired) electrons. The number of allylic oxidation sites excluding steroid dienone is 1. The molecular formula is C46H54N6O5S2. The molecule has 0 bridgehead atoms. The van der Waals surface area contributed by atoms with Gasteiger partial charge in [0.05, 0.1) is 0 Å². The monoisotopic (exact) mass is 834 g/mol. The summed E-state index contributed by atoms with van der Waals surface area (Å²) in [5.74, 6) is -2.19. The van der Waals surface area contributed by atoms with E-state index in [1.54, 1.807) is 5.38 Å². The van der Waals surface area contributed by atoms with Gasteiger partial charge in [-0.2, -0.15) is 0 Å². The van der Waals surface area contributed by atoms with Crippen molar-refractivity contribution in [3.05, 3.63) is 143 Å². The minimum absolute atomic E-state index is 0. The largest absolute Gasteiger partial charge is 0.477 e. The predicted molar refractivity (Wildman–Crippen MR) is 237 cm³/mol. The maximum absolute atomic E-state index is 13.9. The minimum Gasteiger partial charge on any atom is -0.477 e. The number of carbonyl (C=O) groups excluding carboxylic acids is 2. The maximum atomic E-state index is 13.9. The van der Waals surface area contributed by atoms with Gasteiger partial charge in [0.1, 0.15) is 22.8 Å². The third kappa shape index (κ3) is 9.64. The molecule has 0 spiro atoms. The molecule has 4 aromatic rings. The van der Waals surface area contributed by atoms with Crippen LogP contribution in [0.1, 0.15) is 94.0 Å². The Bertz CT molecular complexity index is 2000. The van der Waals surface area contributed by atoms with Crippen LogP contribution in [-0.4, -0.2) is 67.7 Å². The number of carbonyl (C=O) groups is 3. The Hall–Kier alpha value is -5.24. The van der Waals surface area contributed by atoms with E-state index >= 15 is 0 Å². The molecule has 2 amide bonds. The van der Waals surface area contributed by atoms with Gasteiger partial charge in [0, 0.05) is 39.9 Å². The average Bonchev–Trinajstić information content (AvgIpc) is 3.70. The number of thiazole rings is 1. The molecule has 5 N–H and O–H groups in total. The quantitative estimate of drug-likeness (QED) is 0.0477. The fraction of sp³-hybridized carbons (Fsp3) is 0.370. The van der Waals surface area contributed by atoms with E-state index in [2.05, 4.69) is 27.4 Å². The van der Waals surface area contributed by atoms with E-state index in [1.165, 1.54) is 86.9 Å². The average molecular weight is 835 g/mol. The molecule has 2 saturated carbocycles. The highest BCUT2D eigenvalue weighted by Crippen LogP contribution is 2.42. The number of carboxylic acid groups (broad SMARTS) is 1. The number of β-lactam (4-membered cyclic amide) rings is 1. The Morgan fingerprint density at radius 1 is 0.864 bits per heavy atom. The summed E-state index contributed by atoms with van der Waals surface area (Å²) < 4.78 is 0. The van der Waals surface area contributed by atoms with Crippen molar-refractivity contribution in [2.45, 2.75) is 101 Å². The predicted octanol–water partition coefficient (Wildman–Crippen LogP) is 8.24. The zero-order valence-corrected chi connectivity index (χ0v) is 34.1. The summed E-state index contributed by atoms with van der Waals surface area (Å²) in [6, 6.07) is 29.3. The molecule has 11 nitrogen and oxygen atoms in total. The first kappa shape index (κ1) is 43.3. The molecule has 1 saturated heterocycles. The van der Waals surface area contributed by atoms with E-state index in [0.29, 0.717) is 11.3 Å². The molecule has 4 aliphatic rings. The number of aliphatic carboxylic acids is 1. The molecule has 1 aromatic heterocycles. The second kappa shape index (κ2) is 20.1. The lowest BCUT2D eigenvalue weighted by atomic mass is 9.80. The van der Waals surface area contributed by atoms with Gasteiger partial charge < -0.3 is 26.3 Å². The number of thioether (sulfide) groups is 1. The van der Waals surface area contributed by atoms with E-state index < -0.39 is 34.8 Å². The SMILES string of the molecule is C.C1CCC(NC2CCCCC2)CC1.C=CC1=C(C(=O)O)N2C(=O)[C@@H](NC(=O)/C(=N\OC(c3ccccc3)(c3ccccc3)c3ccccc3)c3csc(N)n3)[C@H]2SC1. The standard InChI is InChI=1S/C33H27N5O5S2.C12H23N.CH4/c1-2-20-18-44-30-26(29(40)38(30)27(20)31(41)42)36-28(39)25(24-19-45-32(34)35-24)37-43-33(21-12-6-3-7-13-21,22-14-8-4-9-15-22)23-16-10-5-11-17-23;1-3-7-11(8-4-1)13-12-9-5-2-6-10-12;/h2-17,19,26,30H,1,18H2,(H2,34,35)(H,36,39)(H,41,42);11-13H,1-10H2;1H4/b37-25-;;/t26-,30-;;/m1../s1. The lowest BCUT2D eigenvalue weighted by molar-refractivity contribution is -0.150. The second-order valence-electron chi connectivity index (χ2n) is 15.0. The highest BCUT2D eigenvalue weighted by atomic mass is 32.2. The van der Waals surface area contributed by atoms with Gasteiger partial charge in [0.15, 0.2) is 10.8 Å². The molecule has 59 heavy (non-hydrogen) atoms. The maximum Gasteiger partial charge on any atom is 0.352 e. The van der Waals surface area contributed by atoms with Crippen LogP contribution in [-0.2, 0) is 24.8 Å². The number of benzene rings is 3. The molecule has 3 aromatic carbocycles. The molecule has 2 aliphatic heterocycles. The lowest BCUT2D eigenvalue weighted by Gasteiger charge is -2.49. The van der Waals surface area contributed by atoms with Crippen LogP contribution in [0, 0.1) is 0 Å². The number of nitrogens with zero attached hydrogens (tertiary/aromatic N) is 3. The van der Waals surface area contributed by atoms with Gasteiger partial charge in [-0.05, 0) is 31.3 Å². The zero-order chi connectivity index (χ0) is 40.5. The molecule has 2 atom stereocenters. The molecule has 2 aliphatic carbocycles. The minimum atomic E-state index is -1.28. The van der Waals surface area contributed by atoms with Crippen molar-refractivity contribution in [3.8, 4) is 0 Å². The van der Waals surface area contributed by atoms with Crippen LogP contribution in [0.4, 0.5) is 5.13 Å². The van der Waals surface area contributed by atoms with Crippen molar-refractivity contribution in [1.29, 1.82) is 0 Å². The summed E-state index contributed by atoms with van der Waals surface area (Å²) in [5, 5.41) is 22.0. The van der Waals surface area contributed by atoms with Gasteiger partial charge in [-0.3, -0.25) is 14.5 Å². The van der Waals surface area contributed by atoms with Crippen molar-refractivity contribution in [3.63, 3.8) is 0 Å². The van der Waals surface area contributed by atoms with Gasteiger partial charge in [0.2, 0.25) is 5.60 Å². The van der Waals surface area contributed by atoms with E-state index in [1.807, 2.05) is 91.0 Å². The molecule has 13 heteroatoms. The van der Waals surface area contributed by atoms with Crippen LogP contribution >= 0.6 is 23.1 Å². The summed E-state index contributed by atoms with van der Waals surface area (Å²) in [7, 11) is 0. The number of nitrogens with two attached hydrogens (primary N) is 1. The summed E-state index contributed by atoms with van der Waals surface area (Å²) in [6.45, 7) is 3.67. The van der Waals surface area contributed by atoms with E-state index in [0.717, 1.165) is 40.1 Å². The number of anilines is 1. The third-order valence-corrected chi connectivity index (χ3v) is 13.2. The summed E-state index contributed by atoms with van der Waals surface area (Å²) in [5.41, 5.74) is 7.23. The van der Waals surface area contributed by atoms with E-state index in [9.17, 15) is 19.5 Å². The smallest absolute Gasteiger partial charge is 0.352 e. The van der Waals surface area contributed by atoms with Crippen LogP contribution in [0.2, 0.25) is 0 Å². The molecular weight excluding hydrogens is 781 g/mol. The number of aromatic nitrogens is 1. The van der Waals surface area contributed by atoms with Crippen LogP contribution in [0.25, 0.3) is 0 Å². The summed E-state index contributed by atoms with van der Waals surface area (Å²) in [6.07, 6.45) is 16.0. The number of fused-ring (bicyclic) bond motifs is 1. The number of carboxylic acids is 1. The lowest BCUT2D eigenvalue weighted by Crippen LogP contribution is -2.71. The molecule has 3 heterocycles. The van der Waals surface area contributed by atoms with Crippen LogP contribution < -0.4 is 16.4 Å². The van der Waals surface area contributed by atoms with Crippen LogP contribution in [0.15, 0.2) is 125 Å². The van der Waals surface area contributed by atoms with Gasteiger partial charge in [-0.1, -0.05) is 155 Å². The van der Waals surface area contributed by atoms with Crippen LogP contribution in [0.3, 0.4) is 0 Å². The van der Waals surface area contributed by atoms with E-state index in [4.69, 9.17) is 10.6 Å². The summed E-state index contributed by atoms with van der Waals surface area (Å²) in [4.78, 5) is 51.1. The fourth-order valence-electron chi connectivity index (χ4n) is 8.27. The Labute approximate surface area is 355 Å². The Balaban J connectivity index is 0.000000354. The van der Waals surface area contributed by atoms with Gasteiger partial charge in [-0.15, -0.1) is 23.1 Å². The molecule has 3 fully saturated rings. The normalized spacial score (nSPS) is 19.9. The van der Waals surface area contributed by atoms with Gasteiger partial charge in [0.25, 0.3) is 11.8 Å². The van der Waals surface area contributed by atoms with Gasteiger partial charge in [-0.25, -0.2) is 9.78 Å². The Kier molecular flexibility index (Phi) is 14.8. The Morgan fingerprint density at radius 2 is 1.37 bits per heavy atom. The number of amides is 2. The van der Waals surface area contributed by atoms with Crippen molar-refractivity contribution < 1.29 is 24.3 Å². The number of rotatable bonds is 12. The molecule has 310 valence electrons. The summed E-state index contributed by atoms with van der Waals surface area (Å²) >= 11 is 2.46. The number of nitrogen functional groups attached to an aromatic ring is 1. The van der Waals surface area contributed by atoms with Crippen molar-refractivity contribution in [2.75, 3.05) is 11.5 Å². The highest BCUT2D eigenvalue weighted by molar-refractivity contribution is 8.00. The number of hydrogen-bond acceptors (Lipinski definition) is 10.